The summed E-state index contributed by atoms with van der Waals surface area (Å²) in [5, 5.41) is 6.31. The van der Waals surface area contributed by atoms with Crippen LogP contribution in [0.15, 0.2) is 35.4 Å². The molecule has 1 unspecified atom stereocenters. The van der Waals surface area contributed by atoms with Crippen LogP contribution in [0.1, 0.15) is 24.2 Å². The van der Waals surface area contributed by atoms with Crippen molar-refractivity contribution in [1.29, 1.82) is 0 Å². The molecule has 19 heavy (non-hydrogen) atoms. The number of H-pyrrole nitrogens is 1. The summed E-state index contributed by atoms with van der Waals surface area (Å²) in [6.45, 7) is 3.49. The van der Waals surface area contributed by atoms with Crippen LogP contribution in [0, 0.1) is 6.92 Å². The molecule has 2 aromatic rings. The second-order valence-corrected chi connectivity index (χ2v) is 6.03. The maximum atomic E-state index is 12.2. The van der Waals surface area contributed by atoms with Crippen molar-refractivity contribution in [3.05, 3.63) is 41.7 Å². The summed E-state index contributed by atoms with van der Waals surface area (Å²) in [5.74, 6) is 0. The number of rotatable bonds is 4. The lowest BCUT2D eigenvalue weighted by Gasteiger charge is -2.10. The zero-order valence-corrected chi connectivity index (χ0v) is 11.5. The minimum Gasteiger partial charge on any atom is -0.324 e. The lowest BCUT2D eigenvalue weighted by atomic mass is 10.1. The Bertz CT molecular complexity index is 677. The van der Waals surface area contributed by atoms with E-state index in [0.29, 0.717) is 11.4 Å². The van der Waals surface area contributed by atoms with Crippen LogP contribution in [0.4, 0.5) is 5.69 Å². The Morgan fingerprint density at radius 3 is 2.74 bits per heavy atom. The zero-order valence-electron chi connectivity index (χ0n) is 10.7. The van der Waals surface area contributed by atoms with Gasteiger partial charge >= 0.3 is 0 Å². The molecule has 0 amide bonds. The number of hydrogen-bond acceptors (Lipinski definition) is 4. The first-order valence-electron chi connectivity index (χ1n) is 5.78. The van der Waals surface area contributed by atoms with Crippen LogP contribution in [-0.2, 0) is 10.0 Å². The molecule has 0 saturated heterocycles. The second kappa shape index (κ2) is 5.02. The highest BCUT2D eigenvalue weighted by atomic mass is 32.2. The number of nitrogens with two attached hydrogens (primary N) is 1. The van der Waals surface area contributed by atoms with Gasteiger partial charge in [0, 0.05) is 11.7 Å². The molecule has 1 heterocycles. The standard InChI is InChI=1S/C12H16N4O2S/c1-8(13)10-4-3-5-11(6-10)16-19(17,18)12-7-14-15-9(12)2/h3-8,16H,13H2,1-2H3,(H,14,15). The summed E-state index contributed by atoms with van der Waals surface area (Å²) in [4.78, 5) is 0.138. The van der Waals surface area contributed by atoms with Gasteiger partial charge in [-0.3, -0.25) is 9.82 Å². The molecule has 1 atom stereocenters. The largest absolute Gasteiger partial charge is 0.324 e. The third-order valence-electron chi connectivity index (χ3n) is 2.74. The summed E-state index contributed by atoms with van der Waals surface area (Å²) in [6, 6.07) is 6.86. The zero-order chi connectivity index (χ0) is 14.0. The number of anilines is 1. The topological polar surface area (TPSA) is 101 Å². The molecule has 0 fully saturated rings. The predicted octanol–water partition coefficient (Wildman–Crippen LogP) is 1.54. The van der Waals surface area contributed by atoms with Crippen molar-refractivity contribution in [1.82, 2.24) is 10.2 Å². The number of benzene rings is 1. The fraction of sp³-hybridized carbons (Fsp3) is 0.250. The highest BCUT2D eigenvalue weighted by molar-refractivity contribution is 7.92. The Hall–Kier alpha value is -1.86. The van der Waals surface area contributed by atoms with Crippen molar-refractivity contribution < 1.29 is 8.42 Å². The Morgan fingerprint density at radius 1 is 1.42 bits per heavy atom. The molecule has 0 radical (unpaired) electrons. The van der Waals surface area contributed by atoms with Crippen molar-refractivity contribution in [2.45, 2.75) is 24.8 Å². The van der Waals surface area contributed by atoms with E-state index in [1.165, 1.54) is 6.20 Å². The number of aromatic nitrogens is 2. The van der Waals surface area contributed by atoms with E-state index in [-0.39, 0.29) is 10.9 Å². The average molecular weight is 280 g/mol. The van der Waals surface area contributed by atoms with Crippen LogP contribution in [0.5, 0.6) is 0 Å². The molecule has 6 nitrogen and oxygen atoms in total. The lowest BCUT2D eigenvalue weighted by molar-refractivity contribution is 0.600. The summed E-state index contributed by atoms with van der Waals surface area (Å²) < 4.78 is 26.8. The van der Waals surface area contributed by atoms with Gasteiger partial charge in [-0.15, -0.1) is 0 Å². The van der Waals surface area contributed by atoms with Crippen molar-refractivity contribution >= 4 is 15.7 Å². The molecule has 0 bridgehead atoms. The fourth-order valence-corrected chi connectivity index (χ4v) is 2.89. The SMILES string of the molecule is Cc1[nH]ncc1S(=O)(=O)Nc1cccc(C(C)N)c1. The number of nitrogens with zero attached hydrogens (tertiary/aromatic N) is 1. The molecule has 7 heteroatoms. The number of aryl methyl sites for hydroxylation is 1. The summed E-state index contributed by atoms with van der Waals surface area (Å²) >= 11 is 0. The molecule has 1 aromatic carbocycles. The Kier molecular flexibility index (Phi) is 3.59. The third-order valence-corrected chi connectivity index (χ3v) is 4.23. The van der Waals surface area contributed by atoms with Gasteiger partial charge in [0.05, 0.1) is 11.9 Å². The fourth-order valence-electron chi connectivity index (χ4n) is 1.71. The molecular formula is C12H16N4O2S. The van der Waals surface area contributed by atoms with E-state index in [9.17, 15) is 8.42 Å². The minimum absolute atomic E-state index is 0.138. The van der Waals surface area contributed by atoms with Crippen molar-refractivity contribution in [3.63, 3.8) is 0 Å². The summed E-state index contributed by atoms with van der Waals surface area (Å²) in [7, 11) is -3.63. The van der Waals surface area contributed by atoms with Crippen LogP contribution in [0.3, 0.4) is 0 Å². The molecular weight excluding hydrogens is 264 g/mol. The third kappa shape index (κ3) is 2.94. The average Bonchev–Trinajstić information content (AvgIpc) is 2.76. The smallest absolute Gasteiger partial charge is 0.265 e. The molecule has 0 saturated carbocycles. The quantitative estimate of drug-likeness (QED) is 0.790. The monoisotopic (exact) mass is 280 g/mol. The van der Waals surface area contributed by atoms with Gasteiger partial charge in [-0.1, -0.05) is 12.1 Å². The van der Waals surface area contributed by atoms with Gasteiger partial charge < -0.3 is 5.73 Å². The van der Waals surface area contributed by atoms with E-state index in [1.54, 1.807) is 25.1 Å². The Balaban J connectivity index is 2.31. The van der Waals surface area contributed by atoms with Crippen LogP contribution >= 0.6 is 0 Å². The van der Waals surface area contributed by atoms with Gasteiger partial charge in [-0.2, -0.15) is 5.10 Å². The summed E-state index contributed by atoms with van der Waals surface area (Å²) in [6.07, 6.45) is 1.28. The van der Waals surface area contributed by atoms with Crippen LogP contribution in [0.25, 0.3) is 0 Å². The predicted molar refractivity (Wildman–Crippen MR) is 73.2 cm³/mol. The van der Waals surface area contributed by atoms with E-state index < -0.39 is 10.0 Å². The molecule has 0 spiro atoms. The van der Waals surface area contributed by atoms with Gasteiger partial charge in [0.15, 0.2) is 0 Å². The Morgan fingerprint density at radius 2 is 2.16 bits per heavy atom. The number of aromatic amines is 1. The molecule has 2 rings (SSSR count). The number of hydrogen-bond donors (Lipinski definition) is 3. The highest BCUT2D eigenvalue weighted by Crippen LogP contribution is 2.20. The van der Waals surface area contributed by atoms with E-state index in [2.05, 4.69) is 14.9 Å². The molecule has 0 aliphatic rings. The summed E-state index contributed by atoms with van der Waals surface area (Å²) in [5.41, 5.74) is 7.62. The maximum Gasteiger partial charge on any atom is 0.265 e. The first-order valence-corrected chi connectivity index (χ1v) is 7.27. The minimum atomic E-state index is -3.63. The molecule has 0 aliphatic heterocycles. The van der Waals surface area contributed by atoms with Crippen molar-refractivity contribution in [2.75, 3.05) is 4.72 Å². The molecule has 0 aliphatic carbocycles. The Labute approximate surface area is 112 Å². The molecule has 4 N–H and O–H groups in total. The maximum absolute atomic E-state index is 12.2. The normalized spacial score (nSPS) is 13.2. The van der Waals surface area contributed by atoms with E-state index in [0.717, 1.165) is 5.56 Å². The van der Waals surface area contributed by atoms with Gasteiger partial charge in [-0.25, -0.2) is 8.42 Å². The first-order chi connectivity index (χ1) is 8.90. The number of sulfonamides is 1. The highest BCUT2D eigenvalue weighted by Gasteiger charge is 2.18. The molecule has 1 aromatic heterocycles. The van der Waals surface area contributed by atoms with Gasteiger partial charge in [-0.05, 0) is 31.5 Å². The van der Waals surface area contributed by atoms with Crippen LogP contribution in [-0.4, -0.2) is 18.6 Å². The molecule has 102 valence electrons. The van der Waals surface area contributed by atoms with Gasteiger partial charge in [0.2, 0.25) is 0 Å². The van der Waals surface area contributed by atoms with Crippen LogP contribution < -0.4 is 10.5 Å². The van der Waals surface area contributed by atoms with E-state index in [1.807, 2.05) is 13.0 Å². The van der Waals surface area contributed by atoms with Crippen LogP contribution in [0.2, 0.25) is 0 Å². The second-order valence-electron chi connectivity index (χ2n) is 4.38. The lowest BCUT2D eigenvalue weighted by Crippen LogP contribution is -2.14. The van der Waals surface area contributed by atoms with Crippen molar-refractivity contribution in [3.8, 4) is 0 Å². The first kappa shape index (κ1) is 13.6. The van der Waals surface area contributed by atoms with E-state index in [4.69, 9.17) is 5.73 Å². The van der Waals surface area contributed by atoms with E-state index >= 15 is 0 Å². The van der Waals surface area contributed by atoms with Gasteiger partial charge in [0.1, 0.15) is 4.90 Å². The number of nitrogens with one attached hydrogen (secondary N) is 2. The van der Waals surface area contributed by atoms with Crippen molar-refractivity contribution in [2.24, 2.45) is 5.73 Å². The van der Waals surface area contributed by atoms with Gasteiger partial charge in [0.25, 0.3) is 10.0 Å².